The second-order valence-corrected chi connectivity index (χ2v) is 8.89. The molecule has 0 spiro atoms. The molecule has 1 aromatic rings. The number of alkyl halides is 2. The van der Waals surface area contributed by atoms with Gasteiger partial charge in [0.25, 0.3) is 5.92 Å². The van der Waals surface area contributed by atoms with Crippen LogP contribution in [0.5, 0.6) is 0 Å². The second kappa shape index (κ2) is 8.54. The zero-order valence-electron chi connectivity index (χ0n) is 15.6. The van der Waals surface area contributed by atoms with Gasteiger partial charge in [-0.25, -0.2) is 13.2 Å². The maximum Gasteiger partial charge on any atom is 0.251 e. The zero-order chi connectivity index (χ0) is 18.7. The van der Waals surface area contributed by atoms with Crippen molar-refractivity contribution in [3.05, 3.63) is 34.6 Å². The van der Waals surface area contributed by atoms with Crippen molar-refractivity contribution in [2.45, 2.75) is 83.0 Å². The van der Waals surface area contributed by atoms with E-state index in [9.17, 15) is 13.2 Å². The molecule has 1 aromatic carbocycles. The minimum atomic E-state index is -2.53. The number of hydrogen-bond acceptors (Lipinski definition) is 0. The summed E-state index contributed by atoms with van der Waals surface area (Å²) in [5.41, 5.74) is 0.954. The van der Waals surface area contributed by atoms with Crippen LogP contribution in [0.2, 0.25) is 5.02 Å². The number of hydrogen-bond donors (Lipinski definition) is 0. The fraction of sp³-hybridized carbons (Fsp3) is 0.727. The predicted octanol–water partition coefficient (Wildman–Crippen LogP) is 7.99. The van der Waals surface area contributed by atoms with Crippen molar-refractivity contribution < 1.29 is 13.2 Å². The molecule has 146 valence electrons. The Bertz CT molecular complexity index is 585. The molecule has 3 rings (SSSR count). The number of rotatable bonds is 5. The maximum atomic E-state index is 14.8. The van der Waals surface area contributed by atoms with Gasteiger partial charge in [-0.1, -0.05) is 31.0 Å². The molecule has 0 unspecified atom stereocenters. The molecule has 0 aliphatic heterocycles. The summed E-state index contributed by atoms with van der Waals surface area (Å²) in [5.74, 6) is -2.32. The lowest BCUT2D eigenvalue weighted by Gasteiger charge is -2.37. The zero-order valence-corrected chi connectivity index (χ0v) is 16.4. The quantitative estimate of drug-likeness (QED) is 0.480. The fourth-order valence-corrected chi connectivity index (χ4v) is 5.13. The predicted molar refractivity (Wildman–Crippen MR) is 101 cm³/mol. The van der Waals surface area contributed by atoms with Gasteiger partial charge in [0.1, 0.15) is 5.82 Å². The van der Waals surface area contributed by atoms with E-state index in [-0.39, 0.29) is 29.1 Å². The highest BCUT2D eigenvalue weighted by atomic mass is 35.5. The summed E-state index contributed by atoms with van der Waals surface area (Å²) in [6, 6.07) is 4.98. The van der Waals surface area contributed by atoms with Gasteiger partial charge in [0.2, 0.25) is 0 Å². The largest absolute Gasteiger partial charge is 0.251 e. The first kappa shape index (κ1) is 20.0. The first-order chi connectivity index (χ1) is 12.4. The minimum Gasteiger partial charge on any atom is -0.207 e. The third kappa shape index (κ3) is 4.77. The summed E-state index contributed by atoms with van der Waals surface area (Å²) in [7, 11) is 0. The Morgan fingerprint density at radius 2 is 1.58 bits per heavy atom. The summed E-state index contributed by atoms with van der Waals surface area (Å²) in [5, 5.41) is 0.139. The van der Waals surface area contributed by atoms with Gasteiger partial charge < -0.3 is 0 Å². The highest BCUT2D eigenvalue weighted by Gasteiger charge is 2.43. The summed E-state index contributed by atoms with van der Waals surface area (Å²) >= 11 is 5.75. The fourth-order valence-electron chi connectivity index (χ4n) is 5.01. The van der Waals surface area contributed by atoms with E-state index in [1.165, 1.54) is 6.07 Å². The van der Waals surface area contributed by atoms with Crippen LogP contribution in [0, 0.1) is 23.6 Å². The third-order valence-corrected chi connectivity index (χ3v) is 7.15. The van der Waals surface area contributed by atoms with Crippen LogP contribution in [0.3, 0.4) is 0 Å². The van der Waals surface area contributed by atoms with Gasteiger partial charge >= 0.3 is 0 Å². The molecule has 0 amide bonds. The lowest BCUT2D eigenvalue weighted by Crippen LogP contribution is -2.34. The lowest BCUT2D eigenvalue weighted by atomic mass is 9.72. The van der Waals surface area contributed by atoms with Crippen molar-refractivity contribution in [3.8, 4) is 0 Å². The van der Waals surface area contributed by atoms with E-state index in [2.05, 4.69) is 6.92 Å². The van der Waals surface area contributed by atoms with E-state index < -0.39 is 11.8 Å². The van der Waals surface area contributed by atoms with Crippen molar-refractivity contribution in [1.29, 1.82) is 0 Å². The molecule has 0 aromatic heterocycles. The molecule has 0 bridgehead atoms. The van der Waals surface area contributed by atoms with Crippen LogP contribution in [0.25, 0.3) is 0 Å². The van der Waals surface area contributed by atoms with Gasteiger partial charge in [0.05, 0.1) is 5.02 Å². The molecular weight excluding hydrogens is 357 g/mol. The topological polar surface area (TPSA) is 0 Å². The Kier molecular flexibility index (Phi) is 6.59. The van der Waals surface area contributed by atoms with E-state index in [1.54, 1.807) is 6.07 Å². The highest BCUT2D eigenvalue weighted by Crippen LogP contribution is 2.46. The number of benzene rings is 1. The molecule has 0 N–H and O–H groups in total. The first-order valence-electron chi connectivity index (χ1n) is 10.2. The Morgan fingerprint density at radius 3 is 2.15 bits per heavy atom. The third-order valence-electron chi connectivity index (χ3n) is 6.84. The SMILES string of the molecule is CCC1CCC(C(F)(F)CC2CCC(c3ccc(Cl)c(F)c3)CC2)CC1. The van der Waals surface area contributed by atoms with E-state index in [0.717, 1.165) is 50.5 Å². The van der Waals surface area contributed by atoms with E-state index in [0.29, 0.717) is 18.8 Å². The van der Waals surface area contributed by atoms with Gasteiger partial charge in [-0.15, -0.1) is 0 Å². The standard InChI is InChI=1S/C22H30ClF3/c1-2-15-5-10-19(11-6-15)22(25,26)14-16-3-7-17(8-4-16)18-9-12-20(23)21(24)13-18/h9,12-13,15-17,19H,2-8,10-11,14H2,1H3. The summed E-state index contributed by atoms with van der Waals surface area (Å²) in [6.45, 7) is 2.16. The summed E-state index contributed by atoms with van der Waals surface area (Å²) in [6.07, 6.45) is 7.81. The van der Waals surface area contributed by atoms with E-state index in [4.69, 9.17) is 11.6 Å². The molecule has 4 heteroatoms. The van der Waals surface area contributed by atoms with Crippen LogP contribution in [0.1, 0.15) is 82.6 Å². The Hall–Kier alpha value is -0.700. The van der Waals surface area contributed by atoms with Crippen LogP contribution in [-0.2, 0) is 0 Å². The van der Waals surface area contributed by atoms with Crippen LogP contribution in [0.15, 0.2) is 18.2 Å². The smallest absolute Gasteiger partial charge is 0.207 e. The van der Waals surface area contributed by atoms with Crippen molar-refractivity contribution in [1.82, 2.24) is 0 Å². The van der Waals surface area contributed by atoms with E-state index in [1.807, 2.05) is 6.07 Å². The van der Waals surface area contributed by atoms with Crippen molar-refractivity contribution >= 4 is 11.6 Å². The monoisotopic (exact) mass is 386 g/mol. The Morgan fingerprint density at radius 1 is 0.962 bits per heavy atom. The second-order valence-electron chi connectivity index (χ2n) is 8.48. The van der Waals surface area contributed by atoms with Gasteiger partial charge in [0.15, 0.2) is 0 Å². The normalized spacial score (nSPS) is 30.3. The van der Waals surface area contributed by atoms with Gasteiger partial charge in [-0.3, -0.25) is 0 Å². The van der Waals surface area contributed by atoms with E-state index >= 15 is 0 Å². The van der Waals surface area contributed by atoms with Crippen LogP contribution >= 0.6 is 11.6 Å². The van der Waals surface area contributed by atoms with Crippen LogP contribution in [-0.4, -0.2) is 5.92 Å². The molecule has 2 aliphatic rings. The average Bonchev–Trinajstić information content (AvgIpc) is 2.64. The molecule has 2 aliphatic carbocycles. The number of halogens is 4. The molecule has 0 radical (unpaired) electrons. The molecule has 0 saturated heterocycles. The molecule has 0 nitrogen and oxygen atoms in total. The lowest BCUT2D eigenvalue weighted by molar-refractivity contribution is -0.0953. The summed E-state index contributed by atoms with van der Waals surface area (Å²) in [4.78, 5) is 0. The molecule has 2 saturated carbocycles. The maximum absolute atomic E-state index is 14.8. The van der Waals surface area contributed by atoms with Crippen molar-refractivity contribution in [2.75, 3.05) is 0 Å². The minimum absolute atomic E-state index is 0.0379. The van der Waals surface area contributed by atoms with Gasteiger partial charge in [-0.05, 0) is 86.8 Å². The summed E-state index contributed by atoms with van der Waals surface area (Å²) < 4.78 is 43.2. The van der Waals surface area contributed by atoms with Gasteiger partial charge in [0, 0.05) is 12.3 Å². The first-order valence-corrected chi connectivity index (χ1v) is 10.6. The van der Waals surface area contributed by atoms with Gasteiger partial charge in [-0.2, -0.15) is 0 Å². The molecule has 26 heavy (non-hydrogen) atoms. The van der Waals surface area contributed by atoms with Crippen LogP contribution in [0.4, 0.5) is 13.2 Å². The molecule has 0 heterocycles. The highest BCUT2D eigenvalue weighted by molar-refractivity contribution is 6.30. The molecule has 0 atom stereocenters. The van der Waals surface area contributed by atoms with Crippen molar-refractivity contribution in [2.24, 2.45) is 17.8 Å². The Labute approximate surface area is 160 Å². The molecule has 2 fully saturated rings. The Balaban J connectivity index is 1.51. The van der Waals surface area contributed by atoms with Crippen LogP contribution < -0.4 is 0 Å². The average molecular weight is 387 g/mol. The van der Waals surface area contributed by atoms with Crippen molar-refractivity contribution in [3.63, 3.8) is 0 Å². The molecular formula is C22H30ClF3.